The summed E-state index contributed by atoms with van der Waals surface area (Å²) in [6.45, 7) is 3.45. The smallest absolute Gasteiger partial charge is 0.161 e. The molecule has 0 fully saturated rings. The monoisotopic (exact) mass is 300 g/mol. The topological polar surface area (TPSA) is 87.0 Å². The molecule has 0 heterocycles. The van der Waals surface area contributed by atoms with Crippen LogP contribution in [0.1, 0.15) is 39.5 Å². The third-order valence-electron chi connectivity index (χ3n) is 4.21. The molecule has 1 aliphatic carbocycles. The molecule has 0 saturated heterocycles. The zero-order valence-electron chi connectivity index (χ0n) is 13.0. The van der Waals surface area contributed by atoms with Gasteiger partial charge in [0.15, 0.2) is 5.78 Å². The van der Waals surface area contributed by atoms with E-state index in [0.29, 0.717) is 23.8 Å². The molecule has 5 nitrogen and oxygen atoms in total. The maximum absolute atomic E-state index is 12.2. The van der Waals surface area contributed by atoms with E-state index in [2.05, 4.69) is 13.8 Å². The van der Waals surface area contributed by atoms with Crippen molar-refractivity contribution >= 4 is 5.78 Å². The van der Waals surface area contributed by atoms with E-state index in [1.165, 1.54) is 0 Å². The predicted molar refractivity (Wildman–Crippen MR) is 79.8 cm³/mol. The number of rotatable bonds is 9. The molecule has 2 unspecified atom stereocenters. The third-order valence-corrected chi connectivity index (χ3v) is 4.21. The van der Waals surface area contributed by atoms with Crippen molar-refractivity contribution in [2.24, 2.45) is 11.8 Å². The molecule has 0 aromatic rings. The fourth-order valence-electron chi connectivity index (χ4n) is 2.87. The van der Waals surface area contributed by atoms with Crippen molar-refractivity contribution in [3.8, 4) is 0 Å². The largest absolute Gasteiger partial charge is 0.394 e. The summed E-state index contributed by atoms with van der Waals surface area (Å²) < 4.78 is 5.39. The second-order valence-electron chi connectivity index (χ2n) is 5.72. The van der Waals surface area contributed by atoms with Gasteiger partial charge in [0.1, 0.15) is 12.2 Å². The number of carbonyl (C=O) groups is 1. The second kappa shape index (κ2) is 9.30. The lowest BCUT2D eigenvalue weighted by Crippen LogP contribution is -2.36. The van der Waals surface area contributed by atoms with E-state index in [9.17, 15) is 9.90 Å². The Hall–Kier alpha value is -0.750. The van der Waals surface area contributed by atoms with Crippen LogP contribution in [0.5, 0.6) is 0 Å². The van der Waals surface area contributed by atoms with Crippen molar-refractivity contribution in [2.45, 2.75) is 51.7 Å². The number of Topliss-reactive ketones (excluding diaryl/α,β-unsaturated/α-hetero) is 1. The molecule has 0 amide bonds. The molecule has 0 radical (unpaired) electrons. The Labute approximate surface area is 126 Å². The number of allylic oxidation sites excluding steroid dienone is 1. The molecule has 0 saturated carbocycles. The molecule has 4 atom stereocenters. The van der Waals surface area contributed by atoms with Crippen molar-refractivity contribution < 1.29 is 24.9 Å². The van der Waals surface area contributed by atoms with E-state index in [1.807, 2.05) is 6.08 Å². The summed E-state index contributed by atoms with van der Waals surface area (Å²) in [7, 11) is 0. The SMILES string of the molecule is CCC[C@@H]1CC(=O)C(COC(CO)C(O)CO)=C[C@H]1CC. The first-order valence-corrected chi connectivity index (χ1v) is 7.82. The summed E-state index contributed by atoms with van der Waals surface area (Å²) in [5, 5.41) is 27.5. The van der Waals surface area contributed by atoms with Crippen LogP contribution in [0.25, 0.3) is 0 Å². The maximum Gasteiger partial charge on any atom is 0.161 e. The van der Waals surface area contributed by atoms with E-state index >= 15 is 0 Å². The fourth-order valence-corrected chi connectivity index (χ4v) is 2.87. The van der Waals surface area contributed by atoms with Crippen LogP contribution < -0.4 is 0 Å². The highest BCUT2D eigenvalue weighted by molar-refractivity contribution is 5.96. The molecule has 0 aromatic carbocycles. The quantitative estimate of drug-likeness (QED) is 0.593. The lowest BCUT2D eigenvalue weighted by Gasteiger charge is -2.29. The van der Waals surface area contributed by atoms with E-state index in [0.717, 1.165) is 19.3 Å². The number of ketones is 1. The first-order chi connectivity index (χ1) is 10.1. The number of carbonyl (C=O) groups excluding carboxylic acids is 1. The zero-order valence-corrected chi connectivity index (χ0v) is 13.0. The van der Waals surface area contributed by atoms with Gasteiger partial charge in [-0.25, -0.2) is 0 Å². The molecule has 0 aliphatic heterocycles. The molecule has 122 valence electrons. The van der Waals surface area contributed by atoms with Crippen molar-refractivity contribution in [1.29, 1.82) is 0 Å². The van der Waals surface area contributed by atoms with Crippen LogP contribution in [0, 0.1) is 11.8 Å². The molecule has 3 N–H and O–H groups in total. The van der Waals surface area contributed by atoms with Crippen LogP contribution in [0.15, 0.2) is 11.6 Å². The lowest BCUT2D eigenvalue weighted by molar-refractivity contribution is -0.119. The maximum atomic E-state index is 12.2. The molecule has 0 bridgehead atoms. The predicted octanol–water partition coefficient (Wildman–Crippen LogP) is 1.06. The van der Waals surface area contributed by atoms with Crippen molar-refractivity contribution in [2.75, 3.05) is 19.8 Å². The average Bonchev–Trinajstić information content (AvgIpc) is 2.49. The highest BCUT2D eigenvalue weighted by Gasteiger charge is 2.29. The Morgan fingerprint density at radius 2 is 2.05 bits per heavy atom. The average molecular weight is 300 g/mol. The third kappa shape index (κ3) is 5.18. The molecule has 21 heavy (non-hydrogen) atoms. The summed E-state index contributed by atoms with van der Waals surface area (Å²) in [6.07, 6.45) is 3.66. The lowest BCUT2D eigenvalue weighted by atomic mass is 9.76. The van der Waals surface area contributed by atoms with E-state index in [-0.39, 0.29) is 12.4 Å². The minimum absolute atomic E-state index is 0.0798. The summed E-state index contributed by atoms with van der Waals surface area (Å²) in [4.78, 5) is 12.2. The van der Waals surface area contributed by atoms with Gasteiger partial charge in [0.25, 0.3) is 0 Å². The summed E-state index contributed by atoms with van der Waals surface area (Å²) in [5.41, 5.74) is 0.623. The van der Waals surface area contributed by atoms with E-state index in [1.54, 1.807) is 0 Å². The van der Waals surface area contributed by atoms with Gasteiger partial charge < -0.3 is 20.1 Å². The first kappa shape index (κ1) is 18.3. The summed E-state index contributed by atoms with van der Waals surface area (Å²) in [6, 6.07) is 0. The van der Waals surface area contributed by atoms with Crippen molar-refractivity contribution in [1.82, 2.24) is 0 Å². The Balaban J connectivity index is 2.67. The van der Waals surface area contributed by atoms with Crippen LogP contribution in [0.2, 0.25) is 0 Å². The Bertz CT molecular complexity index is 353. The fraction of sp³-hybridized carbons (Fsp3) is 0.812. The van der Waals surface area contributed by atoms with Gasteiger partial charge in [0.05, 0.1) is 19.8 Å². The Morgan fingerprint density at radius 3 is 2.57 bits per heavy atom. The minimum Gasteiger partial charge on any atom is -0.394 e. The van der Waals surface area contributed by atoms with Crippen LogP contribution in [-0.2, 0) is 9.53 Å². The van der Waals surface area contributed by atoms with Crippen LogP contribution in [-0.4, -0.2) is 53.1 Å². The molecular weight excluding hydrogens is 272 g/mol. The number of ether oxygens (including phenoxy) is 1. The Morgan fingerprint density at radius 1 is 1.33 bits per heavy atom. The number of aliphatic hydroxyl groups excluding tert-OH is 3. The zero-order chi connectivity index (χ0) is 15.8. The van der Waals surface area contributed by atoms with Gasteiger partial charge in [-0.3, -0.25) is 4.79 Å². The van der Waals surface area contributed by atoms with Crippen LogP contribution >= 0.6 is 0 Å². The van der Waals surface area contributed by atoms with Gasteiger partial charge in [0.2, 0.25) is 0 Å². The summed E-state index contributed by atoms with van der Waals surface area (Å²) >= 11 is 0. The second-order valence-corrected chi connectivity index (χ2v) is 5.72. The van der Waals surface area contributed by atoms with Gasteiger partial charge in [0, 0.05) is 12.0 Å². The number of hydrogen-bond acceptors (Lipinski definition) is 5. The van der Waals surface area contributed by atoms with Gasteiger partial charge in [-0.15, -0.1) is 0 Å². The van der Waals surface area contributed by atoms with Gasteiger partial charge in [-0.1, -0.05) is 26.3 Å². The van der Waals surface area contributed by atoms with Gasteiger partial charge >= 0.3 is 0 Å². The molecule has 1 aliphatic rings. The first-order valence-electron chi connectivity index (χ1n) is 7.82. The highest BCUT2D eigenvalue weighted by Crippen LogP contribution is 2.32. The molecular formula is C16H28O5. The van der Waals surface area contributed by atoms with E-state index in [4.69, 9.17) is 14.9 Å². The van der Waals surface area contributed by atoms with Crippen LogP contribution in [0.3, 0.4) is 0 Å². The molecule has 0 spiro atoms. The van der Waals surface area contributed by atoms with Gasteiger partial charge in [-0.2, -0.15) is 0 Å². The minimum atomic E-state index is -1.14. The molecule has 5 heteroatoms. The molecule has 0 aromatic heterocycles. The van der Waals surface area contributed by atoms with Crippen LogP contribution in [0.4, 0.5) is 0 Å². The number of aliphatic hydroxyl groups is 3. The summed E-state index contributed by atoms with van der Waals surface area (Å²) in [5.74, 6) is 0.887. The standard InChI is InChI=1S/C16H28O5/c1-3-5-12-7-14(19)13(6-11(12)4-2)10-21-16(9-18)15(20)8-17/h6,11-12,15-18,20H,3-5,7-10H2,1-2H3/t11-,12-,15?,16?/m1/s1. The van der Waals surface area contributed by atoms with Gasteiger partial charge in [-0.05, 0) is 24.7 Å². The van der Waals surface area contributed by atoms with Crippen molar-refractivity contribution in [3.63, 3.8) is 0 Å². The highest BCUT2D eigenvalue weighted by atomic mass is 16.5. The number of hydrogen-bond donors (Lipinski definition) is 3. The Kier molecular flexibility index (Phi) is 8.11. The van der Waals surface area contributed by atoms with Crippen molar-refractivity contribution in [3.05, 3.63) is 11.6 Å². The van der Waals surface area contributed by atoms with E-state index < -0.39 is 25.4 Å². The normalized spacial score (nSPS) is 25.6. The molecule has 1 rings (SSSR count).